The number of aromatic nitrogens is 2. The Hall–Kier alpha value is -1.32. The Balaban J connectivity index is 2.13. The molecule has 1 atom stereocenters. The van der Waals surface area contributed by atoms with E-state index in [0.29, 0.717) is 6.04 Å². The van der Waals surface area contributed by atoms with E-state index >= 15 is 0 Å². The molecule has 0 radical (unpaired) electrons. The van der Waals surface area contributed by atoms with Crippen molar-refractivity contribution in [3.63, 3.8) is 0 Å². The maximum Gasteiger partial charge on any atom is 0.0628 e. The minimum absolute atomic E-state index is 0.327. The van der Waals surface area contributed by atoms with E-state index in [1.165, 1.54) is 16.8 Å². The van der Waals surface area contributed by atoms with Crippen LogP contribution >= 0.6 is 11.6 Å². The van der Waals surface area contributed by atoms with Gasteiger partial charge < -0.3 is 5.32 Å². The van der Waals surface area contributed by atoms with Gasteiger partial charge in [-0.2, -0.15) is 5.10 Å². The topological polar surface area (TPSA) is 29.9 Å². The van der Waals surface area contributed by atoms with Crippen LogP contribution in [0.25, 0.3) is 0 Å². The van der Waals surface area contributed by atoms with Crippen molar-refractivity contribution in [1.82, 2.24) is 15.1 Å². The van der Waals surface area contributed by atoms with Crippen molar-refractivity contribution in [2.45, 2.75) is 39.7 Å². The van der Waals surface area contributed by atoms with Crippen molar-refractivity contribution >= 4 is 11.6 Å². The van der Waals surface area contributed by atoms with Gasteiger partial charge in [-0.15, -0.1) is 0 Å². The second-order valence-corrected chi connectivity index (χ2v) is 5.91. The smallest absolute Gasteiger partial charge is 0.0628 e. The van der Waals surface area contributed by atoms with Gasteiger partial charge in [-0.25, -0.2) is 0 Å². The Labute approximate surface area is 132 Å². The number of benzene rings is 1. The molecule has 1 aromatic carbocycles. The number of rotatable bonds is 6. The number of halogens is 1. The lowest BCUT2D eigenvalue weighted by Crippen LogP contribution is -2.21. The molecular formula is C17H24ClN3. The summed E-state index contributed by atoms with van der Waals surface area (Å²) in [6, 6.07) is 8.46. The van der Waals surface area contributed by atoms with E-state index in [9.17, 15) is 0 Å². The minimum atomic E-state index is 0.327. The fourth-order valence-corrected chi connectivity index (χ4v) is 3.02. The normalized spacial score (nSPS) is 12.6. The van der Waals surface area contributed by atoms with Gasteiger partial charge in [0.25, 0.3) is 0 Å². The van der Waals surface area contributed by atoms with Crippen molar-refractivity contribution < 1.29 is 0 Å². The van der Waals surface area contributed by atoms with Gasteiger partial charge >= 0.3 is 0 Å². The van der Waals surface area contributed by atoms with Gasteiger partial charge in [-0.05, 0) is 56.5 Å². The molecule has 3 nitrogen and oxygen atoms in total. The molecular weight excluding hydrogens is 282 g/mol. The first-order valence-electron chi connectivity index (χ1n) is 7.50. The molecule has 1 N–H and O–H groups in total. The molecule has 0 amide bonds. The third-order valence-corrected chi connectivity index (χ3v) is 4.28. The molecule has 0 bridgehead atoms. The number of hydrogen-bond donors (Lipinski definition) is 1. The van der Waals surface area contributed by atoms with Crippen LogP contribution in [-0.2, 0) is 13.5 Å². The number of aryl methyl sites for hydroxylation is 2. The zero-order valence-electron chi connectivity index (χ0n) is 13.3. The fourth-order valence-electron chi connectivity index (χ4n) is 2.82. The lowest BCUT2D eigenvalue weighted by molar-refractivity contribution is 0.514. The summed E-state index contributed by atoms with van der Waals surface area (Å²) in [6.45, 7) is 7.31. The summed E-state index contributed by atoms with van der Waals surface area (Å²) in [7, 11) is 2.00. The third kappa shape index (κ3) is 3.86. The van der Waals surface area contributed by atoms with E-state index in [2.05, 4.69) is 43.3 Å². The third-order valence-electron chi connectivity index (χ3n) is 4.04. The highest BCUT2D eigenvalue weighted by molar-refractivity contribution is 6.30. The Bertz CT molecular complexity index is 604. The van der Waals surface area contributed by atoms with Crippen LogP contribution < -0.4 is 5.32 Å². The highest BCUT2D eigenvalue weighted by atomic mass is 35.5. The summed E-state index contributed by atoms with van der Waals surface area (Å²) >= 11 is 6.12. The predicted molar refractivity (Wildman–Crippen MR) is 88.9 cm³/mol. The first-order valence-corrected chi connectivity index (χ1v) is 7.88. The van der Waals surface area contributed by atoms with Gasteiger partial charge in [-0.3, -0.25) is 4.68 Å². The average Bonchev–Trinajstić information content (AvgIpc) is 2.69. The van der Waals surface area contributed by atoms with E-state index in [1.54, 1.807) is 0 Å². The summed E-state index contributed by atoms with van der Waals surface area (Å²) < 4.78 is 1.96. The van der Waals surface area contributed by atoms with Crippen LogP contribution in [0.2, 0.25) is 5.02 Å². The first kappa shape index (κ1) is 16.1. The van der Waals surface area contributed by atoms with E-state index < -0.39 is 0 Å². The molecule has 0 spiro atoms. The van der Waals surface area contributed by atoms with Crippen LogP contribution in [0.3, 0.4) is 0 Å². The van der Waals surface area contributed by atoms with Crippen molar-refractivity contribution in [1.29, 1.82) is 0 Å². The van der Waals surface area contributed by atoms with Crippen LogP contribution in [0, 0.1) is 13.8 Å². The zero-order valence-corrected chi connectivity index (χ0v) is 14.0. The van der Waals surface area contributed by atoms with Crippen LogP contribution in [0.1, 0.15) is 41.9 Å². The number of nitrogens with one attached hydrogen (secondary N) is 1. The maximum absolute atomic E-state index is 6.12. The molecule has 2 rings (SSSR count). The van der Waals surface area contributed by atoms with Crippen LogP contribution in [-0.4, -0.2) is 16.3 Å². The highest BCUT2D eigenvalue weighted by Gasteiger charge is 2.14. The summed E-state index contributed by atoms with van der Waals surface area (Å²) in [5.74, 6) is 0. The van der Waals surface area contributed by atoms with Crippen LogP contribution in [0.15, 0.2) is 24.3 Å². The van der Waals surface area contributed by atoms with Gasteiger partial charge in [0.05, 0.1) is 5.69 Å². The fraction of sp³-hybridized carbons (Fsp3) is 0.471. The van der Waals surface area contributed by atoms with Crippen molar-refractivity contribution in [3.05, 3.63) is 51.8 Å². The second-order valence-electron chi connectivity index (χ2n) is 5.48. The molecule has 0 aliphatic carbocycles. The minimum Gasteiger partial charge on any atom is -0.310 e. The lowest BCUT2D eigenvalue weighted by Gasteiger charge is -2.19. The molecule has 0 aliphatic rings. The van der Waals surface area contributed by atoms with Crippen molar-refractivity contribution in [2.24, 2.45) is 7.05 Å². The standard InChI is InChI=1S/C17H24ClN3/c1-5-19-17(14-7-6-8-15(18)11-14)10-9-16-12(2)20-21(4)13(16)3/h6-8,11,17,19H,5,9-10H2,1-4H3. The second kappa shape index (κ2) is 7.10. The zero-order chi connectivity index (χ0) is 15.4. The van der Waals surface area contributed by atoms with E-state index in [1.807, 2.05) is 23.9 Å². The Morgan fingerprint density at radius 2 is 2.10 bits per heavy atom. The summed E-state index contributed by atoms with van der Waals surface area (Å²) in [6.07, 6.45) is 2.07. The van der Waals surface area contributed by atoms with Gasteiger partial charge in [0.1, 0.15) is 0 Å². The maximum atomic E-state index is 6.12. The molecule has 2 aromatic rings. The first-order chi connectivity index (χ1) is 10.0. The van der Waals surface area contributed by atoms with E-state index in [4.69, 9.17) is 11.6 Å². The summed E-state index contributed by atoms with van der Waals surface area (Å²) in [5, 5.41) is 8.85. The van der Waals surface area contributed by atoms with Crippen LogP contribution in [0.5, 0.6) is 0 Å². The summed E-state index contributed by atoms with van der Waals surface area (Å²) in [5.41, 5.74) is 5.01. The molecule has 0 saturated carbocycles. The van der Waals surface area contributed by atoms with Crippen molar-refractivity contribution in [2.75, 3.05) is 6.54 Å². The molecule has 1 aromatic heterocycles. The predicted octanol–water partition coefficient (Wildman–Crippen LogP) is 3.97. The molecule has 114 valence electrons. The van der Waals surface area contributed by atoms with Gasteiger partial charge in [0.15, 0.2) is 0 Å². The monoisotopic (exact) mass is 305 g/mol. The average molecular weight is 306 g/mol. The largest absolute Gasteiger partial charge is 0.310 e. The molecule has 0 fully saturated rings. The quantitative estimate of drug-likeness (QED) is 0.875. The van der Waals surface area contributed by atoms with Gasteiger partial charge in [-0.1, -0.05) is 30.7 Å². The summed E-state index contributed by atoms with van der Waals surface area (Å²) in [4.78, 5) is 0. The Kier molecular flexibility index (Phi) is 5.43. The highest BCUT2D eigenvalue weighted by Crippen LogP contribution is 2.24. The molecule has 21 heavy (non-hydrogen) atoms. The molecule has 4 heteroatoms. The number of nitrogens with zero attached hydrogens (tertiary/aromatic N) is 2. The molecule has 1 heterocycles. The number of hydrogen-bond acceptors (Lipinski definition) is 2. The van der Waals surface area contributed by atoms with E-state index in [-0.39, 0.29) is 0 Å². The van der Waals surface area contributed by atoms with Crippen LogP contribution in [0.4, 0.5) is 0 Å². The van der Waals surface area contributed by atoms with Crippen molar-refractivity contribution in [3.8, 4) is 0 Å². The SMILES string of the molecule is CCNC(CCc1c(C)nn(C)c1C)c1cccc(Cl)c1. The van der Waals surface area contributed by atoms with Gasteiger partial charge in [0.2, 0.25) is 0 Å². The molecule has 0 saturated heterocycles. The lowest BCUT2D eigenvalue weighted by atomic mass is 9.98. The Morgan fingerprint density at radius 3 is 2.67 bits per heavy atom. The molecule has 0 aliphatic heterocycles. The molecule has 1 unspecified atom stereocenters. The Morgan fingerprint density at radius 1 is 1.33 bits per heavy atom. The van der Waals surface area contributed by atoms with Gasteiger partial charge in [0, 0.05) is 23.8 Å². The van der Waals surface area contributed by atoms with E-state index in [0.717, 1.165) is 30.1 Å².